The van der Waals surface area contributed by atoms with Gasteiger partial charge in [0.25, 0.3) is 0 Å². The predicted octanol–water partition coefficient (Wildman–Crippen LogP) is 2.26. The molecule has 0 unspecified atom stereocenters. The fourth-order valence-electron chi connectivity index (χ4n) is 2.19. The monoisotopic (exact) mass is 239 g/mol. The van der Waals surface area contributed by atoms with Crippen LogP contribution in [0.3, 0.4) is 0 Å². The Hall–Kier alpha value is -0.480. The molecule has 0 aliphatic carbocycles. The molecule has 90 valence electrons. The molecule has 0 atom stereocenters. The number of aryl methyl sites for hydroxylation is 2. The van der Waals surface area contributed by atoms with E-state index in [9.17, 15) is 0 Å². The predicted molar refractivity (Wildman–Crippen MR) is 69.8 cm³/mol. The van der Waals surface area contributed by atoms with Crippen molar-refractivity contribution in [3.63, 3.8) is 0 Å². The minimum atomic E-state index is 0.883. The van der Waals surface area contributed by atoms with E-state index in [0.717, 1.165) is 24.7 Å². The molecule has 4 heteroatoms. The molecule has 1 saturated heterocycles. The SMILES string of the molecule is Cc1n[nH]c(C)c1CNCC1CCSCC1. The van der Waals surface area contributed by atoms with Gasteiger partial charge < -0.3 is 5.32 Å². The van der Waals surface area contributed by atoms with Crippen LogP contribution in [-0.4, -0.2) is 28.2 Å². The summed E-state index contributed by atoms with van der Waals surface area (Å²) in [6.45, 7) is 6.27. The summed E-state index contributed by atoms with van der Waals surface area (Å²) in [4.78, 5) is 0. The van der Waals surface area contributed by atoms with Gasteiger partial charge in [-0.25, -0.2) is 0 Å². The molecule has 2 N–H and O–H groups in total. The van der Waals surface area contributed by atoms with Gasteiger partial charge in [0.05, 0.1) is 5.69 Å². The average molecular weight is 239 g/mol. The number of rotatable bonds is 4. The first-order valence-corrected chi connectivity index (χ1v) is 7.21. The van der Waals surface area contributed by atoms with Crippen LogP contribution in [0.5, 0.6) is 0 Å². The van der Waals surface area contributed by atoms with E-state index in [1.807, 2.05) is 0 Å². The Morgan fingerprint density at radius 3 is 2.75 bits per heavy atom. The molecule has 2 rings (SSSR count). The molecule has 2 heterocycles. The van der Waals surface area contributed by atoms with E-state index >= 15 is 0 Å². The van der Waals surface area contributed by atoms with Gasteiger partial charge in [-0.05, 0) is 50.7 Å². The largest absolute Gasteiger partial charge is 0.312 e. The molecular formula is C12H21N3S. The van der Waals surface area contributed by atoms with E-state index in [2.05, 4.69) is 41.1 Å². The van der Waals surface area contributed by atoms with Crippen molar-refractivity contribution in [1.29, 1.82) is 0 Å². The zero-order chi connectivity index (χ0) is 11.4. The van der Waals surface area contributed by atoms with E-state index in [4.69, 9.17) is 0 Å². The lowest BCUT2D eigenvalue weighted by Gasteiger charge is -2.21. The maximum atomic E-state index is 4.21. The molecule has 1 aromatic heterocycles. The topological polar surface area (TPSA) is 40.7 Å². The third-order valence-corrected chi connectivity index (χ3v) is 4.41. The van der Waals surface area contributed by atoms with Crippen LogP contribution in [0, 0.1) is 19.8 Å². The zero-order valence-electron chi connectivity index (χ0n) is 10.2. The highest BCUT2D eigenvalue weighted by Gasteiger charge is 2.13. The molecule has 0 aromatic carbocycles. The van der Waals surface area contributed by atoms with Crippen molar-refractivity contribution in [3.05, 3.63) is 17.0 Å². The smallest absolute Gasteiger partial charge is 0.0638 e. The second kappa shape index (κ2) is 5.73. The fourth-order valence-corrected chi connectivity index (χ4v) is 3.39. The van der Waals surface area contributed by atoms with Gasteiger partial charge in [0.1, 0.15) is 0 Å². The Labute approximate surface area is 102 Å². The van der Waals surface area contributed by atoms with E-state index in [0.29, 0.717) is 0 Å². The standard InChI is InChI=1S/C12H21N3S/c1-9-12(10(2)15-14-9)8-13-7-11-3-5-16-6-4-11/h11,13H,3-8H2,1-2H3,(H,14,15). The van der Waals surface area contributed by atoms with Crippen LogP contribution in [0.4, 0.5) is 0 Å². The first-order valence-electron chi connectivity index (χ1n) is 6.06. The first-order chi connectivity index (χ1) is 7.77. The lowest BCUT2D eigenvalue weighted by molar-refractivity contribution is 0.447. The number of nitrogens with zero attached hydrogens (tertiary/aromatic N) is 1. The lowest BCUT2D eigenvalue weighted by atomic mass is 10.0. The van der Waals surface area contributed by atoms with Crippen LogP contribution in [0.2, 0.25) is 0 Å². The van der Waals surface area contributed by atoms with Crippen molar-refractivity contribution < 1.29 is 0 Å². The minimum Gasteiger partial charge on any atom is -0.312 e. The van der Waals surface area contributed by atoms with Crippen molar-refractivity contribution in [1.82, 2.24) is 15.5 Å². The summed E-state index contributed by atoms with van der Waals surface area (Å²) in [5, 5.41) is 10.8. The Morgan fingerprint density at radius 1 is 1.38 bits per heavy atom. The Bertz CT molecular complexity index is 310. The van der Waals surface area contributed by atoms with Gasteiger partial charge in [0, 0.05) is 17.8 Å². The van der Waals surface area contributed by atoms with Gasteiger partial charge >= 0.3 is 0 Å². The summed E-state index contributed by atoms with van der Waals surface area (Å²) in [5.74, 6) is 3.57. The molecule has 1 aliphatic rings. The number of H-pyrrole nitrogens is 1. The van der Waals surface area contributed by atoms with Crippen molar-refractivity contribution in [3.8, 4) is 0 Å². The van der Waals surface area contributed by atoms with E-state index in [1.165, 1.54) is 35.6 Å². The van der Waals surface area contributed by atoms with Gasteiger partial charge in [-0.3, -0.25) is 5.10 Å². The molecule has 1 fully saturated rings. The highest BCUT2D eigenvalue weighted by atomic mass is 32.2. The normalized spacial score (nSPS) is 17.9. The van der Waals surface area contributed by atoms with Gasteiger partial charge in [-0.1, -0.05) is 0 Å². The van der Waals surface area contributed by atoms with Crippen molar-refractivity contribution in [2.45, 2.75) is 33.2 Å². The summed E-state index contributed by atoms with van der Waals surface area (Å²) in [6, 6.07) is 0. The number of aromatic nitrogens is 2. The summed E-state index contributed by atoms with van der Waals surface area (Å²) in [5.41, 5.74) is 3.67. The Morgan fingerprint density at radius 2 is 2.12 bits per heavy atom. The average Bonchev–Trinajstić information content (AvgIpc) is 2.62. The summed E-state index contributed by atoms with van der Waals surface area (Å²) < 4.78 is 0. The minimum absolute atomic E-state index is 0.883. The quantitative estimate of drug-likeness (QED) is 0.847. The van der Waals surface area contributed by atoms with E-state index < -0.39 is 0 Å². The fraction of sp³-hybridized carbons (Fsp3) is 0.750. The second-order valence-electron chi connectivity index (χ2n) is 4.60. The van der Waals surface area contributed by atoms with Gasteiger partial charge in [0.15, 0.2) is 0 Å². The van der Waals surface area contributed by atoms with Crippen LogP contribution in [0.25, 0.3) is 0 Å². The molecule has 0 bridgehead atoms. The number of hydrogen-bond acceptors (Lipinski definition) is 3. The lowest BCUT2D eigenvalue weighted by Crippen LogP contribution is -2.25. The van der Waals surface area contributed by atoms with Gasteiger partial charge in [0.2, 0.25) is 0 Å². The van der Waals surface area contributed by atoms with Crippen molar-refractivity contribution >= 4 is 11.8 Å². The first kappa shape index (κ1) is 12.0. The van der Waals surface area contributed by atoms with E-state index in [1.54, 1.807) is 0 Å². The van der Waals surface area contributed by atoms with E-state index in [-0.39, 0.29) is 0 Å². The van der Waals surface area contributed by atoms with Crippen molar-refractivity contribution in [2.24, 2.45) is 5.92 Å². The molecule has 0 amide bonds. The molecule has 0 spiro atoms. The van der Waals surface area contributed by atoms with Crippen molar-refractivity contribution in [2.75, 3.05) is 18.1 Å². The number of thioether (sulfide) groups is 1. The highest BCUT2D eigenvalue weighted by molar-refractivity contribution is 7.99. The number of aromatic amines is 1. The molecular weight excluding hydrogens is 218 g/mol. The molecule has 1 aliphatic heterocycles. The third kappa shape index (κ3) is 3.01. The molecule has 3 nitrogen and oxygen atoms in total. The number of hydrogen-bond donors (Lipinski definition) is 2. The molecule has 16 heavy (non-hydrogen) atoms. The number of nitrogens with one attached hydrogen (secondary N) is 2. The van der Waals surface area contributed by atoms with Crippen LogP contribution in [-0.2, 0) is 6.54 Å². The summed E-state index contributed by atoms with van der Waals surface area (Å²) >= 11 is 2.09. The zero-order valence-corrected chi connectivity index (χ0v) is 11.0. The molecule has 0 radical (unpaired) electrons. The highest BCUT2D eigenvalue weighted by Crippen LogP contribution is 2.22. The maximum absolute atomic E-state index is 4.21. The maximum Gasteiger partial charge on any atom is 0.0638 e. The Kier molecular flexibility index (Phi) is 4.29. The summed E-state index contributed by atoms with van der Waals surface area (Å²) in [7, 11) is 0. The second-order valence-corrected chi connectivity index (χ2v) is 5.82. The third-order valence-electron chi connectivity index (χ3n) is 3.36. The van der Waals surface area contributed by atoms with Crippen LogP contribution < -0.4 is 5.32 Å². The van der Waals surface area contributed by atoms with Gasteiger partial charge in [-0.2, -0.15) is 16.9 Å². The summed E-state index contributed by atoms with van der Waals surface area (Å²) in [6.07, 6.45) is 2.75. The Balaban J connectivity index is 1.75. The molecule has 1 aromatic rings. The van der Waals surface area contributed by atoms with Crippen LogP contribution in [0.1, 0.15) is 29.8 Å². The van der Waals surface area contributed by atoms with Gasteiger partial charge in [-0.15, -0.1) is 0 Å². The van der Waals surface area contributed by atoms with Crippen LogP contribution >= 0.6 is 11.8 Å². The van der Waals surface area contributed by atoms with Crippen LogP contribution in [0.15, 0.2) is 0 Å². The molecule has 0 saturated carbocycles.